The van der Waals surface area contributed by atoms with Crippen molar-refractivity contribution in [3.8, 4) is 11.3 Å². The number of hydrogen-bond acceptors (Lipinski definition) is 6. The summed E-state index contributed by atoms with van der Waals surface area (Å²) < 4.78 is 23.0. The minimum atomic E-state index is -3.19. The summed E-state index contributed by atoms with van der Waals surface area (Å²) in [5.41, 5.74) is 1.59. The van der Waals surface area contributed by atoms with Crippen molar-refractivity contribution in [3.05, 3.63) is 58.9 Å². The van der Waals surface area contributed by atoms with Crippen molar-refractivity contribution in [1.82, 2.24) is 9.97 Å². The monoisotopic (exact) mass is 345 g/mol. The zero-order valence-electron chi connectivity index (χ0n) is 12.4. The zero-order chi connectivity index (χ0) is 16.3. The molecule has 0 spiro atoms. The van der Waals surface area contributed by atoms with Crippen molar-refractivity contribution in [2.24, 2.45) is 0 Å². The molecule has 0 unspecified atom stereocenters. The Balaban J connectivity index is 1.79. The van der Waals surface area contributed by atoms with Crippen LogP contribution in [0.2, 0.25) is 0 Å². The van der Waals surface area contributed by atoms with Crippen LogP contribution in [0.15, 0.2) is 58.9 Å². The van der Waals surface area contributed by atoms with Gasteiger partial charge in [0.1, 0.15) is 0 Å². The molecule has 0 bridgehead atoms. The second-order valence-corrected chi connectivity index (χ2v) is 8.04. The lowest BCUT2D eigenvalue weighted by atomic mass is 10.1. The van der Waals surface area contributed by atoms with Crippen molar-refractivity contribution in [3.63, 3.8) is 0 Å². The van der Waals surface area contributed by atoms with E-state index in [1.54, 1.807) is 47.9 Å². The standard InChI is InChI=1S/C16H15N3O2S2/c1-23(20,21)14-6-4-12(5-7-14)15-8-9-17-16(19-15)18-11-13-3-2-10-22-13/h2-10H,11H2,1H3,(H,17,18,19). The van der Waals surface area contributed by atoms with Gasteiger partial charge in [0.25, 0.3) is 0 Å². The molecule has 2 aromatic heterocycles. The number of nitrogens with one attached hydrogen (secondary N) is 1. The molecule has 0 radical (unpaired) electrons. The molecule has 118 valence electrons. The number of rotatable bonds is 5. The Morgan fingerprint density at radius 2 is 1.91 bits per heavy atom. The van der Waals surface area contributed by atoms with Crippen LogP contribution in [0.25, 0.3) is 11.3 Å². The Bertz CT molecular complexity index is 889. The Morgan fingerprint density at radius 3 is 2.57 bits per heavy atom. The van der Waals surface area contributed by atoms with Gasteiger partial charge in [0.2, 0.25) is 5.95 Å². The van der Waals surface area contributed by atoms with Crippen LogP contribution in [-0.4, -0.2) is 24.6 Å². The maximum atomic E-state index is 11.5. The molecule has 0 aliphatic heterocycles. The minimum absolute atomic E-state index is 0.298. The Hall–Kier alpha value is -2.25. The van der Waals surface area contributed by atoms with Crippen molar-refractivity contribution in [2.75, 3.05) is 11.6 Å². The third-order valence-electron chi connectivity index (χ3n) is 3.23. The van der Waals surface area contributed by atoms with Crippen molar-refractivity contribution >= 4 is 27.1 Å². The SMILES string of the molecule is CS(=O)(=O)c1ccc(-c2ccnc(NCc3cccs3)n2)cc1. The van der Waals surface area contributed by atoms with Gasteiger partial charge >= 0.3 is 0 Å². The van der Waals surface area contributed by atoms with Crippen LogP contribution in [-0.2, 0) is 16.4 Å². The third-order valence-corrected chi connectivity index (χ3v) is 5.24. The minimum Gasteiger partial charge on any atom is -0.349 e. The number of hydrogen-bond donors (Lipinski definition) is 1. The maximum absolute atomic E-state index is 11.5. The summed E-state index contributed by atoms with van der Waals surface area (Å²) in [6.45, 7) is 0.675. The van der Waals surface area contributed by atoms with Crippen molar-refractivity contribution < 1.29 is 8.42 Å². The molecule has 0 aliphatic carbocycles. The highest BCUT2D eigenvalue weighted by atomic mass is 32.2. The number of nitrogens with zero attached hydrogens (tertiary/aromatic N) is 2. The van der Waals surface area contributed by atoms with E-state index < -0.39 is 9.84 Å². The van der Waals surface area contributed by atoms with Crippen LogP contribution in [0.4, 0.5) is 5.95 Å². The predicted molar refractivity (Wildman–Crippen MR) is 92.2 cm³/mol. The summed E-state index contributed by atoms with van der Waals surface area (Å²) >= 11 is 1.67. The Kier molecular flexibility index (Phi) is 4.40. The topological polar surface area (TPSA) is 72.0 Å². The molecule has 23 heavy (non-hydrogen) atoms. The molecule has 0 amide bonds. The Labute approximate surface area is 139 Å². The van der Waals surface area contributed by atoms with Gasteiger partial charge in [-0.1, -0.05) is 18.2 Å². The van der Waals surface area contributed by atoms with Crippen molar-refractivity contribution in [1.29, 1.82) is 0 Å². The second kappa shape index (κ2) is 6.47. The first-order valence-corrected chi connectivity index (χ1v) is 9.69. The number of anilines is 1. The average molecular weight is 345 g/mol. The van der Waals surface area contributed by atoms with Gasteiger partial charge in [0, 0.05) is 22.9 Å². The van der Waals surface area contributed by atoms with E-state index in [0.29, 0.717) is 17.4 Å². The molecule has 1 aromatic carbocycles. The smallest absolute Gasteiger partial charge is 0.223 e. The van der Waals surface area contributed by atoms with Crippen molar-refractivity contribution in [2.45, 2.75) is 11.4 Å². The fourth-order valence-electron chi connectivity index (χ4n) is 2.06. The second-order valence-electron chi connectivity index (χ2n) is 4.99. The normalized spacial score (nSPS) is 11.3. The van der Waals surface area contributed by atoms with E-state index in [0.717, 1.165) is 11.3 Å². The summed E-state index contributed by atoms with van der Waals surface area (Å²) in [5, 5.41) is 5.21. The van der Waals surface area contributed by atoms with Crippen LogP contribution in [0, 0.1) is 0 Å². The summed E-state index contributed by atoms with van der Waals surface area (Å²) in [6, 6.07) is 12.5. The van der Waals surface area contributed by atoms with Gasteiger partial charge < -0.3 is 5.32 Å². The fourth-order valence-corrected chi connectivity index (χ4v) is 3.33. The van der Waals surface area contributed by atoms with Gasteiger partial charge in [-0.25, -0.2) is 18.4 Å². The highest BCUT2D eigenvalue weighted by Gasteiger charge is 2.08. The lowest BCUT2D eigenvalue weighted by molar-refractivity contribution is 0.602. The van der Waals surface area contributed by atoms with Crippen LogP contribution < -0.4 is 5.32 Å². The molecule has 0 atom stereocenters. The summed E-state index contributed by atoms with van der Waals surface area (Å²) in [5.74, 6) is 0.545. The van der Waals surface area contributed by atoms with Gasteiger partial charge in [0.05, 0.1) is 17.1 Å². The van der Waals surface area contributed by atoms with E-state index in [1.165, 1.54) is 11.1 Å². The maximum Gasteiger partial charge on any atom is 0.223 e. The van der Waals surface area contributed by atoms with E-state index in [-0.39, 0.29) is 0 Å². The first-order chi connectivity index (χ1) is 11.0. The van der Waals surface area contributed by atoms with E-state index in [1.807, 2.05) is 17.5 Å². The quantitative estimate of drug-likeness (QED) is 0.769. The highest BCUT2D eigenvalue weighted by Crippen LogP contribution is 2.20. The fraction of sp³-hybridized carbons (Fsp3) is 0.125. The number of sulfone groups is 1. The zero-order valence-corrected chi connectivity index (χ0v) is 14.1. The third kappa shape index (κ3) is 3.94. The highest BCUT2D eigenvalue weighted by molar-refractivity contribution is 7.90. The van der Waals surface area contributed by atoms with E-state index in [4.69, 9.17) is 0 Å². The van der Waals surface area contributed by atoms with Gasteiger partial charge in [-0.3, -0.25) is 0 Å². The van der Waals surface area contributed by atoms with Gasteiger partial charge in [-0.2, -0.15) is 0 Å². The van der Waals surface area contributed by atoms with Gasteiger partial charge in [-0.05, 0) is 29.6 Å². The lowest BCUT2D eigenvalue weighted by Gasteiger charge is -2.06. The Morgan fingerprint density at radius 1 is 1.13 bits per heavy atom. The molecule has 0 aliphatic rings. The summed E-state index contributed by atoms with van der Waals surface area (Å²) in [7, 11) is -3.19. The van der Waals surface area contributed by atoms with E-state index >= 15 is 0 Å². The molecule has 3 rings (SSSR count). The van der Waals surface area contributed by atoms with Gasteiger partial charge in [-0.15, -0.1) is 11.3 Å². The number of benzene rings is 1. The molecule has 7 heteroatoms. The average Bonchev–Trinajstić information content (AvgIpc) is 3.06. The lowest BCUT2D eigenvalue weighted by Crippen LogP contribution is -2.02. The summed E-state index contributed by atoms with van der Waals surface area (Å²) in [4.78, 5) is 10.2. The van der Waals surface area contributed by atoms with Gasteiger partial charge in [0.15, 0.2) is 9.84 Å². The molecule has 0 saturated heterocycles. The molecular weight excluding hydrogens is 330 g/mol. The predicted octanol–water partition coefficient (Wildman–Crippen LogP) is 3.22. The first-order valence-electron chi connectivity index (χ1n) is 6.92. The molecule has 5 nitrogen and oxygen atoms in total. The molecule has 2 heterocycles. The van der Waals surface area contributed by atoms with Crippen LogP contribution in [0.3, 0.4) is 0 Å². The van der Waals surface area contributed by atoms with E-state index in [2.05, 4.69) is 15.3 Å². The number of thiophene rings is 1. The first kappa shape index (κ1) is 15.6. The van der Waals surface area contributed by atoms with Crippen LogP contribution >= 0.6 is 11.3 Å². The molecular formula is C16H15N3O2S2. The molecule has 0 saturated carbocycles. The molecule has 3 aromatic rings. The largest absolute Gasteiger partial charge is 0.349 e. The number of aromatic nitrogens is 2. The summed E-state index contributed by atoms with van der Waals surface area (Å²) in [6.07, 6.45) is 2.88. The molecule has 0 fully saturated rings. The van der Waals surface area contributed by atoms with Crippen LogP contribution in [0.5, 0.6) is 0 Å². The van der Waals surface area contributed by atoms with Crippen LogP contribution in [0.1, 0.15) is 4.88 Å². The van der Waals surface area contributed by atoms with E-state index in [9.17, 15) is 8.42 Å². The molecule has 1 N–H and O–H groups in total.